The molecular formula is C37H35FN8O2. The third-order valence-corrected chi connectivity index (χ3v) is 9.36. The first-order valence-corrected chi connectivity index (χ1v) is 16.0. The zero-order valence-corrected chi connectivity index (χ0v) is 26.6. The summed E-state index contributed by atoms with van der Waals surface area (Å²) in [6.45, 7) is 5.15. The van der Waals surface area contributed by atoms with Crippen LogP contribution in [-0.4, -0.2) is 87.1 Å². The fourth-order valence-corrected chi connectivity index (χ4v) is 6.68. The monoisotopic (exact) mass is 642 g/mol. The van der Waals surface area contributed by atoms with Gasteiger partial charge in [-0.1, -0.05) is 5.92 Å². The number of hydrogen-bond donors (Lipinski definition) is 2. The molecule has 2 aromatic heterocycles. The average molecular weight is 643 g/mol. The molecule has 10 nitrogen and oxygen atoms in total. The van der Waals surface area contributed by atoms with Crippen molar-refractivity contribution in [1.29, 1.82) is 0 Å². The molecule has 2 aliphatic rings. The summed E-state index contributed by atoms with van der Waals surface area (Å²) in [4.78, 5) is 42.0. The van der Waals surface area contributed by atoms with Crippen LogP contribution in [-0.2, 0) is 9.59 Å². The van der Waals surface area contributed by atoms with Crippen molar-refractivity contribution in [3.8, 4) is 35.0 Å². The van der Waals surface area contributed by atoms with Gasteiger partial charge < -0.3 is 15.1 Å². The second-order valence-corrected chi connectivity index (χ2v) is 12.5. The molecule has 7 rings (SSSR count). The third kappa shape index (κ3) is 6.10. The number of carbonyl (C=O) groups excluding carboxylic acids is 2. The second kappa shape index (κ2) is 12.9. The molecule has 5 aromatic rings. The molecule has 2 amide bonds. The van der Waals surface area contributed by atoms with Crippen molar-refractivity contribution in [2.75, 3.05) is 49.5 Å². The molecule has 0 bridgehead atoms. The molecule has 0 saturated carbocycles. The molecule has 2 saturated heterocycles. The van der Waals surface area contributed by atoms with Crippen molar-refractivity contribution in [1.82, 2.24) is 30.0 Å². The number of H-pyrrole nitrogens is 1. The van der Waals surface area contributed by atoms with Gasteiger partial charge in [0.15, 0.2) is 5.82 Å². The minimum absolute atomic E-state index is 0.0179. The maximum Gasteiger partial charge on any atom is 0.244 e. The molecule has 2 fully saturated rings. The Morgan fingerprint density at radius 3 is 2.50 bits per heavy atom. The van der Waals surface area contributed by atoms with Gasteiger partial charge in [0.05, 0.1) is 17.8 Å². The topological polar surface area (TPSA) is 110 Å². The van der Waals surface area contributed by atoms with Gasteiger partial charge in [-0.05, 0) is 86.1 Å². The fourth-order valence-electron chi connectivity index (χ4n) is 6.68. The first kappa shape index (κ1) is 31.0. The first-order valence-electron chi connectivity index (χ1n) is 16.0. The van der Waals surface area contributed by atoms with E-state index in [4.69, 9.17) is 6.42 Å². The lowest BCUT2D eigenvalue weighted by Crippen LogP contribution is -2.56. The molecule has 11 heteroatoms. The Morgan fingerprint density at radius 1 is 1.02 bits per heavy atom. The number of anilines is 2. The number of aromatic amines is 1. The van der Waals surface area contributed by atoms with E-state index in [0.717, 1.165) is 34.3 Å². The van der Waals surface area contributed by atoms with Crippen LogP contribution in [0.15, 0.2) is 85.2 Å². The summed E-state index contributed by atoms with van der Waals surface area (Å²) in [6.07, 6.45) is 9.90. The number of rotatable bonds is 7. The Bertz CT molecular complexity index is 1990. The number of terminal acetylenes is 1. The van der Waals surface area contributed by atoms with Crippen molar-refractivity contribution >= 4 is 34.1 Å². The van der Waals surface area contributed by atoms with E-state index in [2.05, 4.69) is 55.4 Å². The number of carbonyl (C=O) groups is 2. The fraction of sp³-hybridized carbons (Fsp3) is 0.270. The maximum atomic E-state index is 13.6. The average Bonchev–Trinajstić information content (AvgIpc) is 3.74. The number of hydrogen-bond acceptors (Lipinski definition) is 7. The number of nitrogens with one attached hydrogen (secondary N) is 2. The van der Waals surface area contributed by atoms with Gasteiger partial charge in [0.1, 0.15) is 11.2 Å². The lowest BCUT2D eigenvalue weighted by Gasteiger charge is -2.41. The number of amides is 2. The van der Waals surface area contributed by atoms with Gasteiger partial charge in [0, 0.05) is 79.0 Å². The van der Waals surface area contributed by atoms with Gasteiger partial charge in [-0.15, -0.1) is 6.42 Å². The summed E-state index contributed by atoms with van der Waals surface area (Å²) in [5.41, 5.74) is 3.77. The van der Waals surface area contributed by atoms with Crippen LogP contribution in [0.1, 0.15) is 13.3 Å². The van der Waals surface area contributed by atoms with Crippen LogP contribution in [0.5, 0.6) is 0 Å². The number of fused-ring (bicyclic) bond motifs is 1. The van der Waals surface area contributed by atoms with Crippen molar-refractivity contribution in [2.45, 2.75) is 19.4 Å². The van der Waals surface area contributed by atoms with Gasteiger partial charge in [0.2, 0.25) is 11.8 Å². The number of likely N-dealkylation sites (tertiary alicyclic amines) is 1. The molecule has 0 radical (unpaired) electrons. The zero-order valence-electron chi connectivity index (χ0n) is 26.6. The summed E-state index contributed by atoms with van der Waals surface area (Å²) in [7, 11) is 0. The van der Waals surface area contributed by atoms with Crippen LogP contribution in [0, 0.1) is 23.6 Å². The molecular weight excluding hydrogens is 607 g/mol. The van der Waals surface area contributed by atoms with Gasteiger partial charge >= 0.3 is 0 Å². The summed E-state index contributed by atoms with van der Waals surface area (Å²) in [5.74, 6) is 2.87. The first-order chi connectivity index (χ1) is 23.3. The van der Waals surface area contributed by atoms with E-state index in [1.165, 1.54) is 12.1 Å². The number of nitrogens with zero attached hydrogens (tertiary/aromatic N) is 6. The van der Waals surface area contributed by atoms with Crippen LogP contribution in [0.25, 0.3) is 33.5 Å². The molecule has 0 aliphatic carbocycles. The molecule has 2 unspecified atom stereocenters. The summed E-state index contributed by atoms with van der Waals surface area (Å²) in [5, 5.41) is 11.2. The van der Waals surface area contributed by atoms with Crippen molar-refractivity contribution in [3.63, 3.8) is 0 Å². The van der Waals surface area contributed by atoms with Crippen LogP contribution in [0.4, 0.5) is 15.8 Å². The zero-order chi connectivity index (χ0) is 33.3. The van der Waals surface area contributed by atoms with Crippen molar-refractivity contribution in [3.05, 3.63) is 91.0 Å². The molecule has 2 aliphatic heterocycles. The summed E-state index contributed by atoms with van der Waals surface area (Å²) < 4.78 is 13.5. The quantitative estimate of drug-likeness (QED) is 0.245. The van der Waals surface area contributed by atoms with E-state index in [0.29, 0.717) is 49.8 Å². The minimum Gasteiger partial charge on any atom is -0.368 e. The molecule has 0 spiro atoms. The Kier molecular flexibility index (Phi) is 8.33. The molecule has 242 valence electrons. The highest BCUT2D eigenvalue weighted by Crippen LogP contribution is 2.33. The number of piperazine rings is 1. The lowest BCUT2D eigenvalue weighted by molar-refractivity contribution is -0.135. The smallest absolute Gasteiger partial charge is 0.244 e. The normalized spacial score (nSPS) is 19.7. The SMILES string of the molecule is C#CC1(C(=O)Nc2ccc3[nH]nc(-c4ccc(F)cc4)c3c2)CCN(CC(=O)N2CCN(c3ccc(-c4ncccn4)cc3)CC2C)C1. The Labute approximate surface area is 278 Å². The van der Waals surface area contributed by atoms with Gasteiger partial charge in [-0.2, -0.15) is 5.10 Å². The van der Waals surface area contributed by atoms with Crippen molar-refractivity contribution in [2.24, 2.45) is 5.41 Å². The van der Waals surface area contributed by atoms with E-state index >= 15 is 0 Å². The van der Waals surface area contributed by atoms with Crippen molar-refractivity contribution < 1.29 is 14.0 Å². The largest absolute Gasteiger partial charge is 0.368 e. The second-order valence-electron chi connectivity index (χ2n) is 12.5. The van der Waals surface area contributed by atoms with Gasteiger partial charge in [0.25, 0.3) is 0 Å². The number of aromatic nitrogens is 4. The molecule has 2 atom stereocenters. The van der Waals surface area contributed by atoms with Crippen LogP contribution in [0.3, 0.4) is 0 Å². The van der Waals surface area contributed by atoms with E-state index in [-0.39, 0.29) is 30.2 Å². The predicted octanol–water partition coefficient (Wildman–Crippen LogP) is 4.83. The maximum absolute atomic E-state index is 13.6. The number of benzene rings is 3. The van der Waals surface area contributed by atoms with Crippen LogP contribution >= 0.6 is 0 Å². The Balaban J connectivity index is 0.959. The highest BCUT2D eigenvalue weighted by atomic mass is 19.1. The van der Waals surface area contributed by atoms with E-state index in [1.807, 2.05) is 34.1 Å². The summed E-state index contributed by atoms with van der Waals surface area (Å²) >= 11 is 0. The highest BCUT2D eigenvalue weighted by Gasteiger charge is 2.44. The highest BCUT2D eigenvalue weighted by molar-refractivity contribution is 6.01. The summed E-state index contributed by atoms with van der Waals surface area (Å²) in [6, 6.07) is 21.6. The standard InChI is InChI=1S/C37H35FN8O2/c1-3-37(36(48)41-29-11-14-32-31(21-29)34(43-42-32)26-5-9-28(38)10-6-26)15-18-44(24-37)23-33(47)46-20-19-45(22-25(46)2)30-12-7-27(8-13-30)35-39-16-4-17-40-35/h1,4-14,16-17,21,25H,15,18-20,22-24H2,2H3,(H,41,48)(H,42,43). The van der Waals surface area contributed by atoms with E-state index in [1.54, 1.807) is 36.7 Å². The Hall–Kier alpha value is -5.60. The van der Waals surface area contributed by atoms with Crippen LogP contribution < -0.4 is 10.2 Å². The van der Waals surface area contributed by atoms with E-state index in [9.17, 15) is 14.0 Å². The molecule has 4 heterocycles. The third-order valence-electron chi connectivity index (χ3n) is 9.36. The lowest BCUT2D eigenvalue weighted by atomic mass is 9.87. The van der Waals surface area contributed by atoms with Gasteiger partial charge in [-0.3, -0.25) is 19.6 Å². The Morgan fingerprint density at radius 2 is 1.77 bits per heavy atom. The van der Waals surface area contributed by atoms with E-state index < -0.39 is 5.41 Å². The minimum atomic E-state index is -1.06. The predicted molar refractivity (Wildman–Crippen MR) is 183 cm³/mol. The molecule has 2 N–H and O–H groups in total. The number of halogens is 1. The molecule has 48 heavy (non-hydrogen) atoms. The van der Waals surface area contributed by atoms with Gasteiger partial charge in [-0.25, -0.2) is 14.4 Å². The van der Waals surface area contributed by atoms with Crippen LogP contribution in [0.2, 0.25) is 0 Å². The molecule has 3 aromatic carbocycles.